The van der Waals surface area contributed by atoms with Gasteiger partial charge >= 0.3 is 0 Å². The van der Waals surface area contributed by atoms with Crippen molar-refractivity contribution in [3.63, 3.8) is 0 Å². The molecule has 0 saturated carbocycles. The van der Waals surface area contributed by atoms with Crippen molar-refractivity contribution in [3.8, 4) is 6.07 Å². The lowest BCUT2D eigenvalue weighted by Gasteiger charge is -2.09. The van der Waals surface area contributed by atoms with Crippen LogP contribution in [0.3, 0.4) is 0 Å². The predicted octanol–water partition coefficient (Wildman–Crippen LogP) is 3.90. The molecule has 0 radical (unpaired) electrons. The lowest BCUT2D eigenvalue weighted by atomic mass is 9.96. The van der Waals surface area contributed by atoms with E-state index in [2.05, 4.69) is 19.9 Å². The molecule has 1 atom stereocenters. The zero-order valence-electron chi connectivity index (χ0n) is 8.47. The Morgan fingerprint density at radius 2 is 1.92 bits per heavy atom. The fourth-order valence-corrected chi connectivity index (χ4v) is 1.44. The molecule has 0 aliphatic rings. The highest BCUT2D eigenvalue weighted by molar-refractivity contribution is 4.74. The van der Waals surface area contributed by atoms with Crippen LogP contribution in [-0.4, -0.2) is 0 Å². The highest BCUT2D eigenvalue weighted by Crippen LogP contribution is 2.16. The fourth-order valence-electron chi connectivity index (χ4n) is 1.44. The van der Waals surface area contributed by atoms with Crippen molar-refractivity contribution in [2.24, 2.45) is 5.92 Å². The number of hydrogen-bond acceptors (Lipinski definition) is 1. The van der Waals surface area contributed by atoms with Crippen molar-refractivity contribution in [1.82, 2.24) is 0 Å². The van der Waals surface area contributed by atoms with Gasteiger partial charge in [-0.15, -0.1) is 0 Å². The lowest BCUT2D eigenvalue weighted by molar-refractivity contribution is 0.449. The van der Waals surface area contributed by atoms with Crippen LogP contribution in [0, 0.1) is 17.2 Å². The molecule has 0 rings (SSSR count). The normalized spacial score (nSPS) is 12.4. The summed E-state index contributed by atoms with van der Waals surface area (Å²) >= 11 is 0. The Morgan fingerprint density at radius 1 is 1.17 bits per heavy atom. The van der Waals surface area contributed by atoms with Crippen LogP contribution in [0.25, 0.3) is 0 Å². The molecule has 0 aliphatic heterocycles. The first-order chi connectivity index (χ1) is 5.85. The van der Waals surface area contributed by atoms with E-state index in [1.807, 2.05) is 0 Å². The average Bonchev–Trinajstić information content (AvgIpc) is 2.10. The molecule has 0 aromatic rings. The summed E-state index contributed by atoms with van der Waals surface area (Å²) < 4.78 is 0. The summed E-state index contributed by atoms with van der Waals surface area (Å²) in [5.41, 5.74) is 0. The summed E-state index contributed by atoms with van der Waals surface area (Å²) in [6.45, 7) is 4.41. The molecule has 0 N–H and O–H groups in total. The van der Waals surface area contributed by atoms with Gasteiger partial charge in [-0.2, -0.15) is 5.26 Å². The van der Waals surface area contributed by atoms with Crippen LogP contribution >= 0.6 is 0 Å². The third kappa shape index (κ3) is 6.22. The molecule has 0 bridgehead atoms. The second-order valence-electron chi connectivity index (χ2n) is 3.49. The summed E-state index contributed by atoms with van der Waals surface area (Å²) in [6.07, 6.45) is 8.48. The highest BCUT2D eigenvalue weighted by atomic mass is 14.2. The highest BCUT2D eigenvalue weighted by Gasteiger charge is 2.04. The molecule has 0 fully saturated rings. The second kappa shape index (κ2) is 8.59. The Bertz CT molecular complexity index is 123. The minimum atomic E-state index is 0.659. The SMILES string of the molecule is CCCCCCC(CC)CC#N. The van der Waals surface area contributed by atoms with Gasteiger partial charge in [0.1, 0.15) is 0 Å². The van der Waals surface area contributed by atoms with Gasteiger partial charge in [0, 0.05) is 6.42 Å². The minimum absolute atomic E-state index is 0.659. The van der Waals surface area contributed by atoms with E-state index in [0.29, 0.717) is 5.92 Å². The van der Waals surface area contributed by atoms with E-state index in [1.54, 1.807) is 0 Å². The van der Waals surface area contributed by atoms with Crippen molar-refractivity contribution < 1.29 is 0 Å². The summed E-state index contributed by atoms with van der Waals surface area (Å²) in [5.74, 6) is 0.659. The van der Waals surface area contributed by atoms with Crippen molar-refractivity contribution in [2.45, 2.75) is 58.8 Å². The molecule has 0 heterocycles. The fraction of sp³-hybridized carbons (Fsp3) is 0.909. The maximum Gasteiger partial charge on any atom is 0.0624 e. The van der Waals surface area contributed by atoms with Gasteiger partial charge in [-0.3, -0.25) is 0 Å². The number of rotatable bonds is 7. The van der Waals surface area contributed by atoms with Crippen LogP contribution < -0.4 is 0 Å². The maximum absolute atomic E-state index is 8.52. The molecule has 0 spiro atoms. The molecule has 0 aromatic heterocycles. The number of hydrogen-bond donors (Lipinski definition) is 0. The van der Waals surface area contributed by atoms with Crippen LogP contribution in [0.5, 0.6) is 0 Å². The standard InChI is InChI=1S/C11H21N/c1-3-5-6-7-8-11(4-2)9-10-12/h11H,3-9H2,1-2H3. The Hall–Kier alpha value is -0.510. The van der Waals surface area contributed by atoms with Gasteiger partial charge in [-0.05, 0) is 12.3 Å². The van der Waals surface area contributed by atoms with Gasteiger partial charge in [0.05, 0.1) is 6.07 Å². The molecule has 1 heteroatoms. The average molecular weight is 167 g/mol. The van der Waals surface area contributed by atoms with E-state index < -0.39 is 0 Å². The largest absolute Gasteiger partial charge is 0.198 e. The van der Waals surface area contributed by atoms with Gasteiger partial charge in [0.25, 0.3) is 0 Å². The van der Waals surface area contributed by atoms with Crippen LogP contribution in [-0.2, 0) is 0 Å². The molecule has 0 amide bonds. The Balaban J connectivity index is 3.26. The van der Waals surface area contributed by atoms with Crippen LogP contribution in [0.1, 0.15) is 58.8 Å². The monoisotopic (exact) mass is 167 g/mol. The molecule has 0 aliphatic carbocycles. The molecular formula is C11H21N. The summed E-state index contributed by atoms with van der Waals surface area (Å²) in [7, 11) is 0. The first-order valence-electron chi connectivity index (χ1n) is 5.22. The van der Waals surface area contributed by atoms with E-state index in [9.17, 15) is 0 Å². The number of nitriles is 1. The summed E-state index contributed by atoms with van der Waals surface area (Å²) in [5, 5.41) is 8.52. The van der Waals surface area contributed by atoms with E-state index in [1.165, 1.54) is 38.5 Å². The molecular weight excluding hydrogens is 146 g/mol. The minimum Gasteiger partial charge on any atom is -0.198 e. The third-order valence-corrected chi connectivity index (χ3v) is 2.42. The van der Waals surface area contributed by atoms with Crippen LogP contribution in [0.15, 0.2) is 0 Å². The Kier molecular flexibility index (Phi) is 8.22. The second-order valence-corrected chi connectivity index (χ2v) is 3.49. The number of unbranched alkanes of at least 4 members (excludes halogenated alkanes) is 3. The quantitative estimate of drug-likeness (QED) is 0.527. The molecule has 12 heavy (non-hydrogen) atoms. The van der Waals surface area contributed by atoms with Crippen molar-refractivity contribution in [2.75, 3.05) is 0 Å². The summed E-state index contributed by atoms with van der Waals surface area (Å²) in [4.78, 5) is 0. The van der Waals surface area contributed by atoms with E-state index in [0.717, 1.165) is 6.42 Å². The Labute approximate surface area is 76.8 Å². The zero-order chi connectivity index (χ0) is 9.23. The van der Waals surface area contributed by atoms with E-state index in [-0.39, 0.29) is 0 Å². The molecule has 1 unspecified atom stereocenters. The predicted molar refractivity (Wildman–Crippen MR) is 52.8 cm³/mol. The third-order valence-electron chi connectivity index (χ3n) is 2.42. The van der Waals surface area contributed by atoms with Gasteiger partial charge < -0.3 is 0 Å². The van der Waals surface area contributed by atoms with Crippen molar-refractivity contribution >= 4 is 0 Å². The topological polar surface area (TPSA) is 23.8 Å². The van der Waals surface area contributed by atoms with Gasteiger partial charge in [0.15, 0.2) is 0 Å². The molecule has 0 aromatic carbocycles. The number of nitrogens with zero attached hydrogens (tertiary/aromatic N) is 1. The molecule has 1 nitrogen and oxygen atoms in total. The first kappa shape index (κ1) is 11.5. The van der Waals surface area contributed by atoms with Gasteiger partial charge in [0.2, 0.25) is 0 Å². The molecule has 70 valence electrons. The van der Waals surface area contributed by atoms with Gasteiger partial charge in [-0.1, -0.05) is 46.0 Å². The van der Waals surface area contributed by atoms with Gasteiger partial charge in [-0.25, -0.2) is 0 Å². The van der Waals surface area contributed by atoms with Crippen LogP contribution in [0.2, 0.25) is 0 Å². The van der Waals surface area contributed by atoms with Crippen molar-refractivity contribution in [1.29, 1.82) is 5.26 Å². The smallest absolute Gasteiger partial charge is 0.0624 e. The maximum atomic E-state index is 8.52. The van der Waals surface area contributed by atoms with Crippen LogP contribution in [0.4, 0.5) is 0 Å². The van der Waals surface area contributed by atoms with Crippen molar-refractivity contribution in [3.05, 3.63) is 0 Å². The molecule has 0 saturated heterocycles. The first-order valence-corrected chi connectivity index (χ1v) is 5.22. The summed E-state index contributed by atoms with van der Waals surface area (Å²) in [6, 6.07) is 2.26. The lowest BCUT2D eigenvalue weighted by Crippen LogP contribution is -1.97. The van der Waals surface area contributed by atoms with E-state index in [4.69, 9.17) is 5.26 Å². The Morgan fingerprint density at radius 3 is 2.42 bits per heavy atom. The van der Waals surface area contributed by atoms with E-state index >= 15 is 0 Å². The zero-order valence-corrected chi connectivity index (χ0v) is 8.47.